The van der Waals surface area contributed by atoms with Crippen LogP contribution in [-0.2, 0) is 4.74 Å². The van der Waals surface area contributed by atoms with E-state index < -0.39 is 0 Å². The van der Waals surface area contributed by atoms with Crippen molar-refractivity contribution in [3.63, 3.8) is 0 Å². The van der Waals surface area contributed by atoms with Crippen LogP contribution in [-0.4, -0.2) is 43.8 Å². The first-order valence-electron chi connectivity index (χ1n) is 5.73. The second-order valence-electron chi connectivity index (χ2n) is 4.42. The summed E-state index contributed by atoms with van der Waals surface area (Å²) >= 11 is 0. The first kappa shape index (κ1) is 12.3. The zero-order valence-electron chi connectivity index (χ0n) is 9.95. The number of rotatable bonds is 3. The van der Waals surface area contributed by atoms with Crippen molar-refractivity contribution < 1.29 is 9.53 Å². The van der Waals surface area contributed by atoms with Crippen molar-refractivity contribution in [1.29, 1.82) is 0 Å². The van der Waals surface area contributed by atoms with Crippen LogP contribution < -0.4 is 5.32 Å². The van der Waals surface area contributed by atoms with Gasteiger partial charge >= 0.3 is 6.09 Å². The number of nitrogens with zero attached hydrogens (tertiary/aromatic N) is 1. The number of ether oxygens (including phenoxy) is 1. The van der Waals surface area contributed by atoms with E-state index in [9.17, 15) is 4.79 Å². The Morgan fingerprint density at radius 1 is 1.53 bits per heavy atom. The molecule has 1 aliphatic rings. The lowest BCUT2D eigenvalue weighted by molar-refractivity contribution is 0.0609. The number of hydrogen-bond acceptors (Lipinski definition) is 3. The van der Waals surface area contributed by atoms with Crippen LogP contribution in [0, 0.1) is 5.92 Å². The normalized spacial score (nSPS) is 20.1. The molecule has 1 saturated heterocycles. The molecule has 0 bridgehead atoms. The molecule has 1 atom stereocenters. The lowest BCUT2D eigenvalue weighted by Crippen LogP contribution is -2.40. The number of nitrogens with one attached hydrogen (secondary N) is 1. The average molecular weight is 214 g/mol. The van der Waals surface area contributed by atoms with Crippen LogP contribution >= 0.6 is 0 Å². The summed E-state index contributed by atoms with van der Waals surface area (Å²) in [4.78, 5) is 13.5. The largest absolute Gasteiger partial charge is 0.445 e. The van der Waals surface area contributed by atoms with E-state index in [1.807, 2.05) is 18.9 Å². The zero-order chi connectivity index (χ0) is 11.3. The van der Waals surface area contributed by atoms with Crippen LogP contribution in [0.25, 0.3) is 0 Å². The van der Waals surface area contributed by atoms with Crippen molar-refractivity contribution in [1.82, 2.24) is 10.2 Å². The Kier molecular flexibility index (Phi) is 4.88. The molecule has 1 aliphatic heterocycles. The average Bonchev–Trinajstić information content (AvgIpc) is 2.18. The maximum atomic E-state index is 11.7. The van der Waals surface area contributed by atoms with Gasteiger partial charge in [0.2, 0.25) is 0 Å². The standard InChI is InChI=1S/C11H22N2O2/c1-9-4-6-13(7-5-9)11(14)15-10(2)8-12-3/h9-10,12H,4-8H2,1-3H3. The van der Waals surface area contributed by atoms with Crippen molar-refractivity contribution >= 4 is 6.09 Å². The smallest absolute Gasteiger partial charge is 0.410 e. The molecule has 1 heterocycles. The second-order valence-corrected chi connectivity index (χ2v) is 4.42. The first-order valence-corrected chi connectivity index (χ1v) is 5.73. The number of likely N-dealkylation sites (N-methyl/N-ethyl adjacent to an activating group) is 1. The summed E-state index contributed by atoms with van der Waals surface area (Å²) < 4.78 is 5.29. The van der Waals surface area contributed by atoms with Crippen LogP contribution in [0.2, 0.25) is 0 Å². The topological polar surface area (TPSA) is 41.6 Å². The minimum absolute atomic E-state index is 0.0538. The molecule has 0 aromatic carbocycles. The third-order valence-electron chi connectivity index (χ3n) is 2.84. The van der Waals surface area contributed by atoms with Gasteiger partial charge in [-0.2, -0.15) is 0 Å². The Balaban J connectivity index is 2.27. The first-order chi connectivity index (χ1) is 7.13. The molecule has 88 valence electrons. The van der Waals surface area contributed by atoms with Crippen molar-refractivity contribution in [3.05, 3.63) is 0 Å². The van der Waals surface area contributed by atoms with Crippen LogP contribution in [0.1, 0.15) is 26.7 Å². The van der Waals surface area contributed by atoms with Gasteiger partial charge in [-0.05, 0) is 32.7 Å². The van der Waals surface area contributed by atoms with Crippen LogP contribution in [0.4, 0.5) is 4.79 Å². The molecule has 0 aromatic heterocycles. The van der Waals surface area contributed by atoms with E-state index >= 15 is 0 Å². The number of likely N-dealkylation sites (tertiary alicyclic amines) is 1. The van der Waals surface area contributed by atoms with Gasteiger partial charge in [0.25, 0.3) is 0 Å². The highest BCUT2D eigenvalue weighted by Crippen LogP contribution is 2.16. The van der Waals surface area contributed by atoms with E-state index in [4.69, 9.17) is 4.74 Å². The minimum Gasteiger partial charge on any atom is -0.445 e. The minimum atomic E-state index is -0.162. The molecule has 0 radical (unpaired) electrons. The van der Waals surface area contributed by atoms with Crippen LogP contribution in [0.3, 0.4) is 0 Å². The molecular weight excluding hydrogens is 192 g/mol. The molecule has 1 rings (SSSR count). The summed E-state index contributed by atoms with van der Waals surface area (Å²) in [7, 11) is 1.85. The Labute approximate surface area is 92.0 Å². The van der Waals surface area contributed by atoms with Gasteiger partial charge in [-0.1, -0.05) is 6.92 Å². The molecule has 0 aliphatic carbocycles. The molecule has 4 nitrogen and oxygen atoms in total. The molecule has 1 unspecified atom stereocenters. The predicted octanol–water partition coefficient (Wildman–Crippen LogP) is 1.46. The number of hydrogen-bond donors (Lipinski definition) is 1. The molecule has 0 saturated carbocycles. The molecule has 1 fully saturated rings. The number of carbonyl (C=O) groups excluding carboxylic acids is 1. The van der Waals surface area contributed by atoms with E-state index in [0.29, 0.717) is 6.54 Å². The van der Waals surface area contributed by atoms with Gasteiger partial charge in [0, 0.05) is 19.6 Å². The molecule has 1 N–H and O–H groups in total. The molecule has 0 spiro atoms. The van der Waals surface area contributed by atoms with Crippen molar-refractivity contribution in [3.8, 4) is 0 Å². The quantitative estimate of drug-likeness (QED) is 0.773. The van der Waals surface area contributed by atoms with E-state index in [2.05, 4.69) is 12.2 Å². The summed E-state index contributed by atoms with van der Waals surface area (Å²) in [5.41, 5.74) is 0. The lowest BCUT2D eigenvalue weighted by Gasteiger charge is -2.30. The van der Waals surface area contributed by atoms with Gasteiger partial charge < -0.3 is 15.0 Å². The van der Waals surface area contributed by atoms with Crippen molar-refractivity contribution in [2.24, 2.45) is 5.92 Å². The van der Waals surface area contributed by atoms with Crippen molar-refractivity contribution in [2.75, 3.05) is 26.7 Å². The summed E-state index contributed by atoms with van der Waals surface area (Å²) in [6.45, 7) is 6.52. The Morgan fingerprint density at radius 3 is 2.67 bits per heavy atom. The van der Waals surface area contributed by atoms with Gasteiger partial charge in [0.05, 0.1) is 0 Å². The summed E-state index contributed by atoms with van der Waals surface area (Å²) in [5, 5.41) is 2.99. The highest BCUT2D eigenvalue weighted by Gasteiger charge is 2.22. The molecule has 4 heteroatoms. The van der Waals surface area contributed by atoms with Crippen molar-refractivity contribution in [2.45, 2.75) is 32.8 Å². The zero-order valence-corrected chi connectivity index (χ0v) is 9.95. The van der Waals surface area contributed by atoms with Crippen LogP contribution in [0.5, 0.6) is 0 Å². The van der Waals surface area contributed by atoms with Gasteiger partial charge in [-0.25, -0.2) is 4.79 Å². The number of amides is 1. The monoisotopic (exact) mass is 214 g/mol. The predicted molar refractivity (Wildman–Crippen MR) is 59.8 cm³/mol. The highest BCUT2D eigenvalue weighted by atomic mass is 16.6. The maximum Gasteiger partial charge on any atom is 0.410 e. The summed E-state index contributed by atoms with van der Waals surface area (Å²) in [5.74, 6) is 0.740. The fourth-order valence-corrected chi connectivity index (χ4v) is 1.77. The Hall–Kier alpha value is -0.770. The summed E-state index contributed by atoms with van der Waals surface area (Å²) in [6, 6.07) is 0. The van der Waals surface area contributed by atoms with Gasteiger partial charge in [0.1, 0.15) is 6.10 Å². The third-order valence-corrected chi connectivity index (χ3v) is 2.84. The Morgan fingerprint density at radius 2 is 2.13 bits per heavy atom. The highest BCUT2D eigenvalue weighted by molar-refractivity contribution is 5.67. The Bertz CT molecular complexity index is 201. The summed E-state index contributed by atoms with van der Waals surface area (Å²) in [6.07, 6.45) is 1.97. The van der Waals surface area contributed by atoms with Gasteiger partial charge in [-0.15, -0.1) is 0 Å². The molecule has 15 heavy (non-hydrogen) atoms. The fourth-order valence-electron chi connectivity index (χ4n) is 1.77. The molecular formula is C11H22N2O2. The van der Waals surface area contributed by atoms with Gasteiger partial charge in [0.15, 0.2) is 0 Å². The molecule has 1 amide bonds. The number of carbonyl (C=O) groups is 1. The second kappa shape index (κ2) is 5.95. The SMILES string of the molecule is CNCC(C)OC(=O)N1CCC(C)CC1. The fraction of sp³-hybridized carbons (Fsp3) is 0.909. The van der Waals surface area contributed by atoms with E-state index in [-0.39, 0.29) is 12.2 Å². The van der Waals surface area contributed by atoms with E-state index in [1.54, 1.807) is 0 Å². The molecule has 0 aromatic rings. The van der Waals surface area contributed by atoms with Gasteiger partial charge in [-0.3, -0.25) is 0 Å². The van der Waals surface area contributed by atoms with E-state index in [0.717, 1.165) is 31.8 Å². The van der Waals surface area contributed by atoms with E-state index in [1.165, 1.54) is 0 Å². The van der Waals surface area contributed by atoms with Crippen LogP contribution in [0.15, 0.2) is 0 Å². The third kappa shape index (κ3) is 4.08. The maximum absolute atomic E-state index is 11.7. The number of piperidine rings is 1. The lowest BCUT2D eigenvalue weighted by atomic mass is 10.00.